The van der Waals surface area contributed by atoms with Crippen LogP contribution in [0.4, 0.5) is 10.5 Å². The van der Waals surface area contributed by atoms with Crippen LogP contribution in [0.3, 0.4) is 0 Å². The molecule has 1 amide bonds. The Labute approximate surface area is 230 Å². The minimum atomic E-state index is -1.46. The van der Waals surface area contributed by atoms with Gasteiger partial charge in [-0.3, -0.25) is 10.1 Å². The van der Waals surface area contributed by atoms with E-state index < -0.39 is 23.0 Å². The Bertz CT molecular complexity index is 1510. The van der Waals surface area contributed by atoms with Crippen LogP contribution in [-0.2, 0) is 22.6 Å². The highest BCUT2D eigenvalue weighted by Crippen LogP contribution is 2.44. The van der Waals surface area contributed by atoms with Gasteiger partial charge in [0.2, 0.25) is 0 Å². The molecule has 1 unspecified atom stereocenters. The molecule has 1 aliphatic carbocycles. The third kappa shape index (κ3) is 5.78. The van der Waals surface area contributed by atoms with Crippen LogP contribution in [0.1, 0.15) is 28.2 Å². The van der Waals surface area contributed by atoms with Crippen LogP contribution >= 0.6 is 0 Å². The second-order valence-corrected chi connectivity index (χ2v) is 9.39. The molecule has 202 valence electrons. The fourth-order valence-corrected chi connectivity index (χ4v) is 4.94. The number of amides is 1. The van der Waals surface area contributed by atoms with Gasteiger partial charge in [0, 0.05) is 24.0 Å². The third-order valence-electron chi connectivity index (χ3n) is 6.85. The van der Waals surface area contributed by atoms with Gasteiger partial charge in [-0.15, -0.1) is 0 Å². The lowest BCUT2D eigenvalue weighted by Crippen LogP contribution is -2.43. The van der Waals surface area contributed by atoms with Crippen molar-refractivity contribution in [3.63, 3.8) is 0 Å². The summed E-state index contributed by atoms with van der Waals surface area (Å²) in [6.07, 6.45) is -1.26. The minimum Gasteiger partial charge on any atom is -0.489 e. The first-order chi connectivity index (χ1) is 19.4. The fraction of sp³-hybridized carbons (Fsp3) is 0.161. The molecule has 0 bridgehead atoms. The molecule has 0 saturated carbocycles. The number of nitro groups is 1. The third-order valence-corrected chi connectivity index (χ3v) is 6.85. The van der Waals surface area contributed by atoms with E-state index in [1.54, 1.807) is 0 Å². The van der Waals surface area contributed by atoms with Crippen molar-refractivity contribution in [3.8, 4) is 16.9 Å². The molecule has 0 fully saturated rings. The van der Waals surface area contributed by atoms with Crippen molar-refractivity contribution in [2.75, 3.05) is 6.61 Å². The summed E-state index contributed by atoms with van der Waals surface area (Å²) in [5, 5.41) is 23.8. The number of carbonyl (C=O) groups excluding carboxylic acids is 1. The predicted octanol–water partition coefficient (Wildman–Crippen LogP) is 5.71. The predicted molar refractivity (Wildman–Crippen MR) is 147 cm³/mol. The van der Waals surface area contributed by atoms with Gasteiger partial charge < -0.3 is 19.9 Å². The number of hydrogen-bond acceptors (Lipinski definition) is 6. The number of nitrogens with one attached hydrogen (secondary N) is 1. The highest BCUT2D eigenvalue weighted by Gasteiger charge is 2.30. The number of benzene rings is 4. The minimum absolute atomic E-state index is 0.00909. The van der Waals surface area contributed by atoms with Crippen molar-refractivity contribution >= 4 is 17.7 Å². The van der Waals surface area contributed by atoms with Crippen LogP contribution in [-0.4, -0.2) is 34.7 Å². The van der Waals surface area contributed by atoms with Crippen molar-refractivity contribution < 1.29 is 29.1 Å². The molecule has 4 aromatic carbocycles. The Morgan fingerprint density at radius 1 is 0.900 bits per heavy atom. The molecule has 4 aromatic rings. The summed E-state index contributed by atoms with van der Waals surface area (Å²) in [6, 6.07) is 27.8. The lowest BCUT2D eigenvalue weighted by atomic mass is 9.98. The first-order valence-electron chi connectivity index (χ1n) is 12.7. The van der Waals surface area contributed by atoms with Crippen LogP contribution in [0.2, 0.25) is 0 Å². The molecule has 5 rings (SSSR count). The summed E-state index contributed by atoms with van der Waals surface area (Å²) >= 11 is 0. The van der Waals surface area contributed by atoms with E-state index in [1.165, 1.54) is 18.2 Å². The first kappa shape index (κ1) is 26.4. The quantitative estimate of drug-likeness (QED) is 0.196. The summed E-state index contributed by atoms with van der Waals surface area (Å²) in [6.45, 7) is 0.244. The van der Waals surface area contributed by atoms with E-state index in [0.717, 1.165) is 27.8 Å². The van der Waals surface area contributed by atoms with Crippen molar-refractivity contribution in [1.29, 1.82) is 0 Å². The number of carboxylic acids is 1. The molecule has 0 aliphatic heterocycles. The lowest BCUT2D eigenvalue weighted by molar-refractivity contribution is -0.385. The van der Waals surface area contributed by atoms with Crippen molar-refractivity contribution in [3.05, 3.63) is 129 Å². The fourth-order valence-electron chi connectivity index (χ4n) is 4.94. The Morgan fingerprint density at radius 2 is 1.52 bits per heavy atom. The van der Waals surface area contributed by atoms with Crippen molar-refractivity contribution in [1.82, 2.24) is 5.32 Å². The van der Waals surface area contributed by atoms with Crippen LogP contribution in [0.5, 0.6) is 5.75 Å². The number of fused-ring (bicyclic) bond motifs is 3. The second kappa shape index (κ2) is 11.7. The summed E-state index contributed by atoms with van der Waals surface area (Å²) in [5.74, 6) is -1.20. The van der Waals surface area contributed by atoms with Crippen molar-refractivity contribution in [2.24, 2.45) is 0 Å². The molecule has 40 heavy (non-hydrogen) atoms. The number of nitrogens with zero attached hydrogens (tertiary/aromatic N) is 1. The normalized spacial score (nSPS) is 12.6. The molecule has 1 atom stereocenters. The molecule has 0 aromatic heterocycles. The van der Waals surface area contributed by atoms with Gasteiger partial charge in [0.1, 0.15) is 25.0 Å². The maximum atomic E-state index is 12.7. The Hall–Kier alpha value is -5.18. The number of aliphatic carboxylic acids is 1. The SMILES string of the molecule is O=C(NC(Cc1cc(OCc2ccccc2)ccc1[N+](=O)[O-])C(=O)O)OCC1c2ccccc2-c2ccccc21. The van der Waals surface area contributed by atoms with Gasteiger partial charge in [0.05, 0.1) is 4.92 Å². The highest BCUT2D eigenvalue weighted by atomic mass is 16.6. The zero-order chi connectivity index (χ0) is 28.1. The van der Waals surface area contributed by atoms with Gasteiger partial charge in [0.15, 0.2) is 0 Å². The largest absolute Gasteiger partial charge is 0.489 e. The summed E-state index contributed by atoms with van der Waals surface area (Å²) < 4.78 is 11.2. The molecule has 0 saturated heterocycles. The van der Waals surface area contributed by atoms with E-state index in [9.17, 15) is 24.8 Å². The summed E-state index contributed by atoms with van der Waals surface area (Å²) in [7, 11) is 0. The molecule has 0 spiro atoms. The molecular weight excluding hydrogens is 512 g/mol. The van der Waals surface area contributed by atoms with Gasteiger partial charge >= 0.3 is 12.1 Å². The highest BCUT2D eigenvalue weighted by molar-refractivity contribution is 5.81. The van der Waals surface area contributed by atoms with E-state index in [4.69, 9.17) is 9.47 Å². The molecule has 9 heteroatoms. The van der Waals surface area contributed by atoms with Crippen LogP contribution in [0.25, 0.3) is 11.1 Å². The average Bonchev–Trinajstić information content (AvgIpc) is 3.28. The second-order valence-electron chi connectivity index (χ2n) is 9.39. The molecule has 0 radical (unpaired) electrons. The number of ether oxygens (including phenoxy) is 2. The number of rotatable bonds is 10. The van der Waals surface area contributed by atoms with Crippen LogP contribution < -0.4 is 10.1 Å². The van der Waals surface area contributed by atoms with Gasteiger partial charge in [-0.2, -0.15) is 0 Å². The Kier molecular flexibility index (Phi) is 7.72. The van der Waals surface area contributed by atoms with Gasteiger partial charge in [0.25, 0.3) is 5.69 Å². The van der Waals surface area contributed by atoms with E-state index in [1.807, 2.05) is 78.9 Å². The van der Waals surface area contributed by atoms with Crippen LogP contribution in [0, 0.1) is 10.1 Å². The maximum Gasteiger partial charge on any atom is 0.407 e. The maximum absolute atomic E-state index is 12.7. The number of nitro benzene ring substituents is 1. The Balaban J connectivity index is 1.27. The molecule has 1 aliphatic rings. The molecular formula is C31H26N2O7. The van der Waals surface area contributed by atoms with Gasteiger partial charge in [-0.25, -0.2) is 9.59 Å². The van der Waals surface area contributed by atoms with Crippen LogP contribution in [0.15, 0.2) is 97.1 Å². The standard InChI is InChI=1S/C31H26N2O7/c34-30(35)28(17-21-16-22(14-15-29(21)33(37)38)39-18-20-8-2-1-3-9-20)32-31(36)40-19-27-25-12-6-4-10-23(25)24-11-5-7-13-26(24)27/h1-16,27-28H,17-19H2,(H,32,36)(H,34,35). The monoisotopic (exact) mass is 538 g/mol. The van der Waals surface area contributed by atoms with E-state index in [-0.39, 0.29) is 36.8 Å². The Morgan fingerprint density at radius 3 is 2.15 bits per heavy atom. The summed E-state index contributed by atoms with van der Waals surface area (Å²) in [4.78, 5) is 35.8. The zero-order valence-corrected chi connectivity index (χ0v) is 21.4. The topological polar surface area (TPSA) is 128 Å². The van der Waals surface area contributed by atoms with Crippen molar-refractivity contribution in [2.45, 2.75) is 25.0 Å². The smallest absolute Gasteiger partial charge is 0.407 e. The first-order valence-corrected chi connectivity index (χ1v) is 12.7. The summed E-state index contributed by atoms with van der Waals surface area (Å²) in [5.41, 5.74) is 4.93. The molecule has 0 heterocycles. The lowest BCUT2D eigenvalue weighted by Gasteiger charge is -2.18. The van der Waals surface area contributed by atoms with Gasteiger partial charge in [-0.05, 0) is 39.9 Å². The van der Waals surface area contributed by atoms with E-state index >= 15 is 0 Å². The molecule has 9 nitrogen and oxygen atoms in total. The van der Waals surface area contributed by atoms with Gasteiger partial charge in [-0.1, -0.05) is 78.9 Å². The number of carbonyl (C=O) groups is 2. The number of carboxylic acid groups (broad SMARTS) is 1. The van der Waals surface area contributed by atoms with E-state index in [2.05, 4.69) is 5.32 Å². The average molecular weight is 539 g/mol. The number of hydrogen-bond donors (Lipinski definition) is 2. The van der Waals surface area contributed by atoms with E-state index in [0.29, 0.717) is 5.75 Å². The zero-order valence-electron chi connectivity index (χ0n) is 21.4. The molecule has 2 N–H and O–H groups in total. The number of alkyl carbamates (subject to hydrolysis) is 1.